The highest BCUT2D eigenvalue weighted by molar-refractivity contribution is 5.85. The molecule has 154 valence electrons. The van der Waals surface area contributed by atoms with Crippen LogP contribution in [0.2, 0.25) is 0 Å². The highest BCUT2D eigenvalue weighted by Crippen LogP contribution is 2.28. The predicted octanol–water partition coefficient (Wildman–Crippen LogP) is 2.55. The number of piperazine rings is 1. The van der Waals surface area contributed by atoms with Gasteiger partial charge in [-0.2, -0.15) is 0 Å². The van der Waals surface area contributed by atoms with Crippen LogP contribution in [0.5, 0.6) is 0 Å². The van der Waals surface area contributed by atoms with Gasteiger partial charge in [-0.1, -0.05) is 12.1 Å². The molecule has 1 aromatic rings. The number of halogens is 2. The lowest BCUT2D eigenvalue weighted by Gasteiger charge is -2.33. The molecular formula is C21H36Cl2N4. The Morgan fingerprint density at radius 1 is 0.815 bits per heavy atom. The van der Waals surface area contributed by atoms with Gasteiger partial charge in [0.2, 0.25) is 0 Å². The first-order valence-electron chi connectivity index (χ1n) is 10.0. The van der Waals surface area contributed by atoms with Gasteiger partial charge in [0, 0.05) is 52.4 Å². The van der Waals surface area contributed by atoms with E-state index in [0.717, 1.165) is 24.9 Å². The first-order chi connectivity index (χ1) is 12.1. The molecule has 0 unspecified atom stereocenters. The third-order valence-electron chi connectivity index (χ3n) is 6.64. The summed E-state index contributed by atoms with van der Waals surface area (Å²) in [5, 5.41) is 3.55. The minimum atomic E-state index is 0. The summed E-state index contributed by atoms with van der Waals surface area (Å²) in [6.45, 7) is 16.6. The monoisotopic (exact) mass is 414 g/mol. The van der Waals surface area contributed by atoms with Crippen LogP contribution in [0.3, 0.4) is 0 Å². The predicted molar refractivity (Wildman–Crippen MR) is 118 cm³/mol. The van der Waals surface area contributed by atoms with Gasteiger partial charge in [-0.05, 0) is 68.1 Å². The van der Waals surface area contributed by atoms with Gasteiger partial charge in [0.15, 0.2) is 0 Å². The maximum Gasteiger partial charge on any atom is 0.0237 e. The van der Waals surface area contributed by atoms with Crippen molar-refractivity contribution in [1.82, 2.24) is 20.0 Å². The lowest BCUT2D eigenvalue weighted by Crippen LogP contribution is -2.44. The summed E-state index contributed by atoms with van der Waals surface area (Å²) >= 11 is 0. The fourth-order valence-electron chi connectivity index (χ4n) is 4.86. The van der Waals surface area contributed by atoms with E-state index < -0.39 is 0 Å². The normalized spacial score (nSPS) is 26.5. The van der Waals surface area contributed by atoms with Crippen LogP contribution in [-0.2, 0) is 13.1 Å². The lowest BCUT2D eigenvalue weighted by atomic mass is 9.99. The molecule has 3 heterocycles. The van der Waals surface area contributed by atoms with E-state index in [1.807, 2.05) is 0 Å². The van der Waals surface area contributed by atoms with Crippen LogP contribution in [0, 0.1) is 25.7 Å². The summed E-state index contributed by atoms with van der Waals surface area (Å²) in [4.78, 5) is 7.74. The van der Waals surface area contributed by atoms with Crippen molar-refractivity contribution in [3.05, 3.63) is 34.4 Å². The molecule has 4 nitrogen and oxygen atoms in total. The molecule has 0 aromatic heterocycles. The van der Waals surface area contributed by atoms with Crippen LogP contribution in [0.4, 0.5) is 0 Å². The van der Waals surface area contributed by atoms with Crippen molar-refractivity contribution in [1.29, 1.82) is 0 Å². The molecule has 6 heteroatoms. The van der Waals surface area contributed by atoms with Crippen LogP contribution >= 0.6 is 24.8 Å². The van der Waals surface area contributed by atoms with E-state index in [-0.39, 0.29) is 24.8 Å². The van der Waals surface area contributed by atoms with E-state index in [1.54, 1.807) is 5.56 Å². The van der Waals surface area contributed by atoms with E-state index in [2.05, 4.69) is 53.0 Å². The summed E-state index contributed by atoms with van der Waals surface area (Å²) in [6, 6.07) is 4.93. The number of aryl methyl sites for hydroxylation is 2. The number of hydrogen-bond donors (Lipinski definition) is 1. The molecule has 3 fully saturated rings. The van der Waals surface area contributed by atoms with Crippen molar-refractivity contribution in [2.75, 3.05) is 59.4 Å². The zero-order chi connectivity index (χ0) is 17.4. The third-order valence-corrected chi connectivity index (χ3v) is 6.64. The van der Waals surface area contributed by atoms with Gasteiger partial charge >= 0.3 is 0 Å². The highest BCUT2D eigenvalue weighted by Gasteiger charge is 2.35. The van der Waals surface area contributed by atoms with E-state index in [1.165, 1.54) is 69.0 Å². The molecule has 0 amide bonds. The molecule has 0 saturated carbocycles. The molecular weight excluding hydrogens is 379 g/mol. The van der Waals surface area contributed by atoms with E-state index in [9.17, 15) is 0 Å². The largest absolute Gasteiger partial charge is 0.316 e. The third kappa shape index (κ3) is 5.37. The molecule has 2 atom stereocenters. The van der Waals surface area contributed by atoms with Crippen LogP contribution in [0.1, 0.15) is 22.3 Å². The molecule has 27 heavy (non-hydrogen) atoms. The molecule has 0 spiro atoms. The summed E-state index contributed by atoms with van der Waals surface area (Å²) in [7, 11) is 2.23. The van der Waals surface area contributed by atoms with Gasteiger partial charge in [-0.25, -0.2) is 0 Å². The SMILES string of the molecule is Cc1cc(C)c(CN2C[C@H]3CNC[C@H]3C2)cc1CN1CCN(C)CC1.Cl.Cl. The number of rotatable bonds is 4. The van der Waals surface area contributed by atoms with Gasteiger partial charge < -0.3 is 10.2 Å². The standard InChI is InChI=1S/C21H34N4.2ClH/c1-16-8-17(2)19(13-25-14-20-10-22-11-21(20)15-25)9-18(16)12-24-6-4-23(3)5-7-24;;/h8-9,20-22H,4-7,10-15H2,1-3H3;2*1H/t20-,21+;;. The maximum atomic E-state index is 3.55. The van der Waals surface area contributed by atoms with E-state index in [4.69, 9.17) is 0 Å². The molecule has 0 radical (unpaired) electrons. The average molecular weight is 415 g/mol. The van der Waals surface area contributed by atoms with Gasteiger partial charge in [0.25, 0.3) is 0 Å². The van der Waals surface area contributed by atoms with E-state index in [0.29, 0.717) is 0 Å². The minimum absolute atomic E-state index is 0. The van der Waals surface area contributed by atoms with Crippen molar-refractivity contribution < 1.29 is 0 Å². The Morgan fingerprint density at radius 2 is 1.33 bits per heavy atom. The molecule has 1 N–H and O–H groups in total. The van der Waals surface area contributed by atoms with Gasteiger partial charge in [-0.15, -0.1) is 24.8 Å². The summed E-state index contributed by atoms with van der Waals surface area (Å²) in [6.07, 6.45) is 0. The van der Waals surface area contributed by atoms with Crippen molar-refractivity contribution in [3.63, 3.8) is 0 Å². The van der Waals surface area contributed by atoms with Gasteiger partial charge in [0.1, 0.15) is 0 Å². The number of likely N-dealkylation sites (tertiary alicyclic amines) is 1. The first kappa shape index (κ1) is 22.9. The fraction of sp³-hybridized carbons (Fsp3) is 0.714. The van der Waals surface area contributed by atoms with Crippen molar-refractivity contribution in [3.8, 4) is 0 Å². The Labute approximate surface area is 177 Å². The smallest absolute Gasteiger partial charge is 0.0237 e. The molecule has 0 aliphatic carbocycles. The Kier molecular flexibility index (Phi) is 8.41. The number of nitrogens with zero attached hydrogens (tertiary/aromatic N) is 3. The molecule has 3 aliphatic rings. The second-order valence-corrected chi connectivity index (χ2v) is 8.66. The Morgan fingerprint density at radius 3 is 1.89 bits per heavy atom. The second kappa shape index (κ2) is 9.91. The number of fused-ring (bicyclic) bond motifs is 1. The number of benzene rings is 1. The highest BCUT2D eigenvalue weighted by atomic mass is 35.5. The zero-order valence-corrected chi connectivity index (χ0v) is 18.7. The van der Waals surface area contributed by atoms with Gasteiger partial charge in [0.05, 0.1) is 0 Å². The van der Waals surface area contributed by atoms with Crippen LogP contribution in [0.15, 0.2) is 12.1 Å². The van der Waals surface area contributed by atoms with Crippen LogP contribution in [-0.4, -0.2) is 74.1 Å². The van der Waals surface area contributed by atoms with Crippen molar-refractivity contribution in [2.24, 2.45) is 11.8 Å². The van der Waals surface area contributed by atoms with Crippen LogP contribution < -0.4 is 5.32 Å². The Bertz CT molecular complexity index is 604. The molecule has 3 saturated heterocycles. The van der Waals surface area contributed by atoms with Crippen LogP contribution in [0.25, 0.3) is 0 Å². The Balaban J connectivity index is 0.00000131. The van der Waals surface area contributed by atoms with Crippen molar-refractivity contribution >= 4 is 24.8 Å². The van der Waals surface area contributed by atoms with Gasteiger partial charge in [-0.3, -0.25) is 9.80 Å². The summed E-state index contributed by atoms with van der Waals surface area (Å²) < 4.78 is 0. The first-order valence-corrected chi connectivity index (χ1v) is 10.0. The molecule has 4 rings (SSSR count). The topological polar surface area (TPSA) is 21.8 Å². The lowest BCUT2D eigenvalue weighted by molar-refractivity contribution is 0.148. The molecule has 3 aliphatic heterocycles. The van der Waals surface area contributed by atoms with E-state index >= 15 is 0 Å². The molecule has 0 bridgehead atoms. The van der Waals surface area contributed by atoms with Crippen molar-refractivity contribution in [2.45, 2.75) is 26.9 Å². The maximum absolute atomic E-state index is 3.55. The Hall–Kier alpha value is -0.360. The minimum Gasteiger partial charge on any atom is -0.316 e. The number of likely N-dealkylation sites (N-methyl/N-ethyl adjacent to an activating group) is 1. The quantitative estimate of drug-likeness (QED) is 0.816. The zero-order valence-electron chi connectivity index (χ0n) is 17.0. The second-order valence-electron chi connectivity index (χ2n) is 8.66. The molecule has 1 aromatic carbocycles. The summed E-state index contributed by atoms with van der Waals surface area (Å²) in [5.41, 5.74) is 6.01. The number of nitrogens with one attached hydrogen (secondary N) is 1. The fourth-order valence-corrected chi connectivity index (χ4v) is 4.86. The number of hydrogen-bond acceptors (Lipinski definition) is 4. The average Bonchev–Trinajstić information content (AvgIpc) is 3.15. The summed E-state index contributed by atoms with van der Waals surface area (Å²) in [5.74, 6) is 1.77.